The lowest BCUT2D eigenvalue weighted by Crippen LogP contribution is -2.48. The Balaban J connectivity index is 1.27. The van der Waals surface area contributed by atoms with Crippen molar-refractivity contribution in [3.63, 3.8) is 0 Å². The molecule has 1 fully saturated rings. The number of amides is 1. The van der Waals surface area contributed by atoms with Crippen LogP contribution in [0.1, 0.15) is 0 Å². The van der Waals surface area contributed by atoms with E-state index in [1.807, 2.05) is 42.5 Å². The molecular formula is C29H33ClN8O3. The van der Waals surface area contributed by atoms with E-state index in [1.165, 1.54) is 18.3 Å². The summed E-state index contributed by atoms with van der Waals surface area (Å²) in [6.07, 6.45) is 2.54. The highest BCUT2D eigenvalue weighted by molar-refractivity contribution is 6.31. The van der Waals surface area contributed by atoms with Crippen LogP contribution in [0.3, 0.4) is 0 Å². The predicted octanol–water partition coefficient (Wildman–Crippen LogP) is 4.48. The van der Waals surface area contributed by atoms with Crippen molar-refractivity contribution in [1.29, 1.82) is 0 Å². The third-order valence-corrected chi connectivity index (χ3v) is 7.23. The topological polar surface area (TPSA) is 138 Å². The van der Waals surface area contributed by atoms with E-state index >= 15 is 0 Å². The lowest BCUT2D eigenvalue weighted by atomic mass is 10.0. The van der Waals surface area contributed by atoms with Gasteiger partial charge in [-0.3, -0.25) is 9.91 Å². The van der Waals surface area contributed by atoms with Crippen LogP contribution >= 0.6 is 11.6 Å². The highest BCUT2D eigenvalue weighted by Crippen LogP contribution is 2.36. The number of anilines is 4. The number of rotatable bonds is 9. The number of carbonyl (C=O) groups excluding carboxylic acids is 1. The van der Waals surface area contributed by atoms with Crippen LogP contribution in [-0.4, -0.2) is 62.5 Å². The Morgan fingerprint density at radius 2 is 1.98 bits per heavy atom. The van der Waals surface area contributed by atoms with Gasteiger partial charge in [-0.1, -0.05) is 28.9 Å². The summed E-state index contributed by atoms with van der Waals surface area (Å²) in [6.45, 7) is 4.97. The maximum Gasteiger partial charge on any atom is 0.406 e. The first-order chi connectivity index (χ1) is 19.9. The standard InChI is InChI=1S/C29H33ClN8O3/c1-40-29(39)33-10-12-36-13-15-37(16-14-36)23-4-2-3-22(19-23)34-28-24-7-5-20(17-27(24)41-35-28)25-18-21(30)6-8-26(25)38(32)11-9-31/h2-9,11,17-19H,10,12-16,31-32H2,1H3,(H,33,39)(H,34,35)/b11-9-. The van der Waals surface area contributed by atoms with Gasteiger partial charge in [0.15, 0.2) is 11.4 Å². The second-order valence-electron chi connectivity index (χ2n) is 9.57. The molecule has 12 heteroatoms. The fourth-order valence-corrected chi connectivity index (χ4v) is 5.04. The monoisotopic (exact) mass is 576 g/mol. The number of piperazine rings is 1. The Bertz CT molecular complexity index is 1530. The predicted molar refractivity (Wildman–Crippen MR) is 163 cm³/mol. The van der Waals surface area contributed by atoms with Gasteiger partial charge in [0.25, 0.3) is 0 Å². The Labute approximate surface area is 243 Å². The molecule has 5 rings (SSSR count). The third kappa shape index (κ3) is 6.65. The number of aromatic nitrogens is 1. The van der Waals surface area contributed by atoms with Gasteiger partial charge in [0, 0.05) is 73.6 Å². The van der Waals surface area contributed by atoms with Crippen LogP contribution < -0.4 is 32.1 Å². The average Bonchev–Trinajstić information content (AvgIpc) is 3.39. The number of nitrogens with two attached hydrogens (primary N) is 2. The summed E-state index contributed by atoms with van der Waals surface area (Å²) >= 11 is 6.30. The molecule has 6 N–H and O–H groups in total. The van der Waals surface area contributed by atoms with Gasteiger partial charge in [-0.15, -0.1) is 0 Å². The number of hydrogen-bond acceptors (Lipinski definition) is 10. The number of carbonyl (C=O) groups is 1. The van der Waals surface area contributed by atoms with Crippen molar-refractivity contribution in [1.82, 2.24) is 15.4 Å². The number of halogens is 1. The molecule has 1 aliphatic rings. The minimum Gasteiger partial charge on any atom is -0.453 e. The van der Waals surface area contributed by atoms with Crippen LogP contribution in [0.2, 0.25) is 5.02 Å². The summed E-state index contributed by atoms with van der Waals surface area (Å²) in [5.41, 5.74) is 10.6. The third-order valence-electron chi connectivity index (χ3n) is 7.00. The molecule has 1 saturated heterocycles. The number of alkyl carbamates (subject to hydrolysis) is 1. The van der Waals surface area contributed by atoms with Gasteiger partial charge in [0.1, 0.15) is 0 Å². The smallest absolute Gasteiger partial charge is 0.406 e. The molecule has 0 bridgehead atoms. The van der Waals surface area contributed by atoms with Crippen LogP contribution in [0.5, 0.6) is 0 Å². The highest BCUT2D eigenvalue weighted by Gasteiger charge is 2.18. The van der Waals surface area contributed by atoms with E-state index in [9.17, 15) is 4.79 Å². The van der Waals surface area contributed by atoms with Gasteiger partial charge >= 0.3 is 6.09 Å². The molecule has 0 atom stereocenters. The van der Waals surface area contributed by atoms with E-state index < -0.39 is 6.09 Å². The molecule has 2 heterocycles. The van der Waals surface area contributed by atoms with E-state index in [0.29, 0.717) is 23.0 Å². The fraction of sp³-hybridized carbons (Fsp3) is 0.241. The Morgan fingerprint density at radius 1 is 1.15 bits per heavy atom. The quantitative estimate of drug-likeness (QED) is 0.167. The molecule has 0 saturated carbocycles. The van der Waals surface area contributed by atoms with Crippen LogP contribution in [0.4, 0.5) is 27.7 Å². The average molecular weight is 577 g/mol. The lowest BCUT2D eigenvalue weighted by molar-refractivity contribution is 0.168. The maximum absolute atomic E-state index is 11.3. The van der Waals surface area contributed by atoms with Gasteiger partial charge in [-0.2, -0.15) is 0 Å². The summed E-state index contributed by atoms with van der Waals surface area (Å²) in [7, 11) is 1.37. The van der Waals surface area contributed by atoms with E-state index in [2.05, 4.69) is 42.5 Å². The van der Waals surface area contributed by atoms with Crippen molar-refractivity contribution in [2.75, 3.05) is 61.6 Å². The van der Waals surface area contributed by atoms with E-state index in [1.54, 1.807) is 12.3 Å². The molecule has 1 aliphatic heterocycles. The van der Waals surface area contributed by atoms with E-state index in [0.717, 1.165) is 66.3 Å². The minimum atomic E-state index is -0.401. The number of fused-ring (bicyclic) bond motifs is 1. The summed E-state index contributed by atoms with van der Waals surface area (Å²) < 4.78 is 10.3. The minimum absolute atomic E-state index is 0.401. The SMILES string of the molecule is COC(=O)NCCN1CCN(c2cccc(Nc3noc4cc(-c5cc(Cl)ccc5N(N)/C=C\N)ccc34)c2)CC1. The first-order valence-corrected chi connectivity index (χ1v) is 13.6. The Hall–Kier alpha value is -4.45. The second-order valence-corrected chi connectivity index (χ2v) is 10.0. The van der Waals surface area contributed by atoms with Crippen molar-refractivity contribution >= 4 is 51.5 Å². The van der Waals surface area contributed by atoms with Crippen LogP contribution in [0, 0.1) is 0 Å². The van der Waals surface area contributed by atoms with E-state index in [-0.39, 0.29) is 0 Å². The number of benzene rings is 3. The maximum atomic E-state index is 11.3. The molecule has 41 heavy (non-hydrogen) atoms. The largest absolute Gasteiger partial charge is 0.453 e. The number of methoxy groups -OCH3 is 1. The molecule has 11 nitrogen and oxygen atoms in total. The van der Waals surface area contributed by atoms with Crippen molar-refractivity contribution in [2.45, 2.75) is 0 Å². The normalized spacial score (nSPS) is 14.0. The number of hydrogen-bond donors (Lipinski definition) is 4. The zero-order valence-corrected chi connectivity index (χ0v) is 23.5. The van der Waals surface area contributed by atoms with Crippen LogP contribution in [-0.2, 0) is 4.74 Å². The van der Waals surface area contributed by atoms with Gasteiger partial charge in [0.2, 0.25) is 0 Å². The molecule has 214 valence electrons. The molecular weight excluding hydrogens is 544 g/mol. The lowest BCUT2D eigenvalue weighted by Gasteiger charge is -2.36. The summed E-state index contributed by atoms with van der Waals surface area (Å²) in [4.78, 5) is 15.9. The second kappa shape index (κ2) is 12.8. The number of nitrogens with one attached hydrogen (secondary N) is 2. The molecule has 4 aromatic rings. The number of hydrazine groups is 1. The molecule has 3 aromatic carbocycles. The summed E-state index contributed by atoms with van der Waals surface area (Å²) in [6, 6.07) is 19.6. The van der Waals surface area contributed by atoms with Gasteiger partial charge in [-0.25, -0.2) is 10.6 Å². The number of nitrogens with zero attached hydrogens (tertiary/aromatic N) is 4. The zero-order valence-electron chi connectivity index (χ0n) is 22.7. The van der Waals surface area contributed by atoms with Crippen molar-refractivity contribution in [3.8, 4) is 11.1 Å². The summed E-state index contributed by atoms with van der Waals surface area (Å²) in [5.74, 6) is 6.79. The molecule has 0 unspecified atom stereocenters. The molecule has 0 aliphatic carbocycles. The molecule has 1 aromatic heterocycles. The van der Waals surface area contributed by atoms with E-state index in [4.69, 9.17) is 27.7 Å². The van der Waals surface area contributed by atoms with Gasteiger partial charge < -0.3 is 30.5 Å². The first-order valence-electron chi connectivity index (χ1n) is 13.2. The van der Waals surface area contributed by atoms with Crippen molar-refractivity contribution in [3.05, 3.63) is 78.1 Å². The van der Waals surface area contributed by atoms with Gasteiger partial charge in [0.05, 0.1) is 18.2 Å². The Morgan fingerprint density at radius 3 is 2.76 bits per heavy atom. The number of ether oxygens (including phenoxy) is 1. The van der Waals surface area contributed by atoms with Crippen molar-refractivity contribution in [2.24, 2.45) is 11.6 Å². The summed E-state index contributed by atoms with van der Waals surface area (Å²) in [5, 5.41) is 13.3. The van der Waals surface area contributed by atoms with Gasteiger partial charge in [-0.05, 0) is 54.1 Å². The van der Waals surface area contributed by atoms with Crippen molar-refractivity contribution < 1.29 is 14.1 Å². The Kier molecular flexibility index (Phi) is 8.78. The highest BCUT2D eigenvalue weighted by atomic mass is 35.5. The molecule has 1 amide bonds. The van der Waals surface area contributed by atoms with Crippen LogP contribution in [0.25, 0.3) is 22.1 Å². The first kappa shape index (κ1) is 28.1. The molecule has 0 spiro atoms. The zero-order chi connectivity index (χ0) is 28.8. The fourth-order valence-electron chi connectivity index (χ4n) is 4.87. The molecule has 0 radical (unpaired) electrons. The van der Waals surface area contributed by atoms with Crippen LogP contribution in [0.15, 0.2) is 77.6 Å².